The predicted molar refractivity (Wildman–Crippen MR) is 138 cm³/mol. The second kappa shape index (κ2) is 9.30. The van der Waals surface area contributed by atoms with E-state index in [4.69, 9.17) is 4.74 Å². The molecule has 2 unspecified atom stereocenters. The molecule has 6 heteroatoms. The van der Waals surface area contributed by atoms with Crippen LogP contribution in [0.25, 0.3) is 0 Å². The van der Waals surface area contributed by atoms with Crippen LogP contribution < -0.4 is 15.5 Å². The number of rotatable bonds is 4. The minimum atomic E-state index is -0.637. The van der Waals surface area contributed by atoms with Gasteiger partial charge in [-0.1, -0.05) is 42.5 Å². The first kappa shape index (κ1) is 23.9. The lowest BCUT2D eigenvalue weighted by molar-refractivity contribution is -0.121. The molecular formula is C29H37N3O3. The summed E-state index contributed by atoms with van der Waals surface area (Å²) in [5.41, 5.74) is 4.37. The van der Waals surface area contributed by atoms with E-state index in [0.29, 0.717) is 13.0 Å². The van der Waals surface area contributed by atoms with E-state index in [0.717, 1.165) is 44.5 Å². The number of amides is 2. The maximum absolute atomic E-state index is 14.0. The van der Waals surface area contributed by atoms with Gasteiger partial charge in [0.1, 0.15) is 11.6 Å². The second-order valence-corrected chi connectivity index (χ2v) is 11.3. The molecule has 0 aromatic heterocycles. The van der Waals surface area contributed by atoms with Gasteiger partial charge in [-0.15, -0.1) is 0 Å². The molecule has 5 rings (SSSR count). The summed E-state index contributed by atoms with van der Waals surface area (Å²) in [5.74, 6) is 0.240. The molecule has 1 spiro atoms. The van der Waals surface area contributed by atoms with Gasteiger partial charge in [-0.25, -0.2) is 4.79 Å². The summed E-state index contributed by atoms with van der Waals surface area (Å²) in [6, 6.07) is 16.2. The number of carbonyl (C=O) groups excluding carboxylic acids is 2. The van der Waals surface area contributed by atoms with Crippen LogP contribution >= 0.6 is 0 Å². The molecule has 1 saturated heterocycles. The third-order valence-corrected chi connectivity index (χ3v) is 7.96. The molecule has 35 heavy (non-hydrogen) atoms. The number of alkyl carbamates (subject to hydrolysis) is 1. The summed E-state index contributed by atoms with van der Waals surface area (Å²) >= 11 is 0. The summed E-state index contributed by atoms with van der Waals surface area (Å²) in [6.45, 7) is 8.13. The number of nitrogens with one attached hydrogen (secondary N) is 2. The number of anilines is 1. The van der Waals surface area contributed by atoms with Crippen molar-refractivity contribution in [3.05, 3.63) is 65.2 Å². The smallest absolute Gasteiger partial charge is 0.408 e. The Kier molecular flexibility index (Phi) is 6.34. The number of piperidine rings is 1. The molecule has 2 atom stereocenters. The molecule has 0 bridgehead atoms. The molecule has 2 heterocycles. The van der Waals surface area contributed by atoms with Crippen molar-refractivity contribution in [2.24, 2.45) is 5.92 Å². The van der Waals surface area contributed by atoms with Crippen molar-refractivity contribution >= 4 is 17.7 Å². The lowest BCUT2D eigenvalue weighted by atomic mass is 9.66. The highest BCUT2D eigenvalue weighted by molar-refractivity contribution is 6.00. The molecule has 186 valence electrons. The molecule has 2 N–H and O–H groups in total. The number of carbonyl (C=O) groups is 2. The Morgan fingerprint density at radius 2 is 1.77 bits per heavy atom. The van der Waals surface area contributed by atoms with Gasteiger partial charge in [-0.05, 0) is 94.6 Å². The van der Waals surface area contributed by atoms with Crippen LogP contribution in [-0.4, -0.2) is 43.3 Å². The largest absolute Gasteiger partial charge is 0.444 e. The lowest BCUT2D eigenvalue weighted by Crippen LogP contribution is -2.52. The number of benzene rings is 2. The van der Waals surface area contributed by atoms with E-state index in [1.807, 2.05) is 43.9 Å². The van der Waals surface area contributed by atoms with Gasteiger partial charge in [0.25, 0.3) is 0 Å². The Morgan fingerprint density at radius 1 is 1.09 bits per heavy atom. The number of fused-ring (bicyclic) bond motifs is 3. The highest BCUT2D eigenvalue weighted by atomic mass is 16.6. The van der Waals surface area contributed by atoms with E-state index in [2.05, 4.69) is 41.0 Å². The van der Waals surface area contributed by atoms with Gasteiger partial charge < -0.3 is 20.3 Å². The van der Waals surface area contributed by atoms with Crippen LogP contribution in [0.3, 0.4) is 0 Å². The van der Waals surface area contributed by atoms with Crippen molar-refractivity contribution in [2.75, 3.05) is 24.5 Å². The van der Waals surface area contributed by atoms with Crippen LogP contribution in [0.15, 0.2) is 48.5 Å². The van der Waals surface area contributed by atoms with Gasteiger partial charge in [0, 0.05) is 17.6 Å². The van der Waals surface area contributed by atoms with E-state index >= 15 is 0 Å². The second-order valence-electron chi connectivity index (χ2n) is 11.3. The van der Waals surface area contributed by atoms with Crippen molar-refractivity contribution in [1.29, 1.82) is 0 Å². The van der Waals surface area contributed by atoms with E-state index in [1.54, 1.807) is 0 Å². The molecule has 0 saturated carbocycles. The van der Waals surface area contributed by atoms with Gasteiger partial charge in [0.15, 0.2) is 0 Å². The first-order chi connectivity index (χ1) is 16.8. The van der Waals surface area contributed by atoms with Gasteiger partial charge >= 0.3 is 6.09 Å². The predicted octanol–water partition coefficient (Wildman–Crippen LogP) is 4.35. The van der Waals surface area contributed by atoms with E-state index in [-0.39, 0.29) is 17.2 Å². The first-order valence-corrected chi connectivity index (χ1v) is 12.9. The fourth-order valence-electron chi connectivity index (χ4n) is 6.44. The van der Waals surface area contributed by atoms with Gasteiger partial charge in [-0.3, -0.25) is 4.79 Å². The maximum Gasteiger partial charge on any atom is 0.408 e. The van der Waals surface area contributed by atoms with Crippen LogP contribution in [0, 0.1) is 5.92 Å². The molecule has 1 fully saturated rings. The van der Waals surface area contributed by atoms with Crippen LogP contribution in [0.1, 0.15) is 56.7 Å². The van der Waals surface area contributed by atoms with Gasteiger partial charge in [0.05, 0.1) is 0 Å². The minimum absolute atomic E-state index is 0.0406. The molecule has 3 aliphatic rings. The Balaban J connectivity index is 1.44. The minimum Gasteiger partial charge on any atom is -0.444 e. The Labute approximate surface area is 208 Å². The molecule has 2 aliphatic heterocycles. The van der Waals surface area contributed by atoms with Crippen LogP contribution in [0.2, 0.25) is 0 Å². The number of ether oxygens (including phenoxy) is 1. The van der Waals surface area contributed by atoms with Gasteiger partial charge in [0.2, 0.25) is 5.91 Å². The number of hydrogen-bond acceptors (Lipinski definition) is 4. The zero-order chi connectivity index (χ0) is 24.6. The average molecular weight is 476 g/mol. The van der Waals surface area contributed by atoms with Crippen molar-refractivity contribution in [1.82, 2.24) is 10.6 Å². The van der Waals surface area contributed by atoms with Crippen molar-refractivity contribution in [3.63, 3.8) is 0 Å². The number of hydrogen-bond donors (Lipinski definition) is 2. The Hall–Kier alpha value is -2.86. The zero-order valence-corrected chi connectivity index (χ0v) is 21.1. The summed E-state index contributed by atoms with van der Waals surface area (Å²) in [7, 11) is 0. The summed E-state index contributed by atoms with van der Waals surface area (Å²) in [5, 5.41) is 6.50. The summed E-state index contributed by atoms with van der Waals surface area (Å²) in [6.07, 6.45) is 3.95. The highest BCUT2D eigenvalue weighted by Gasteiger charge is 2.48. The SMILES string of the molecule is CC(C)(C)OC(=O)NC(CC1Cc2ccccc2C12CCNCC2)C(=O)N1CCc2ccccc21. The highest BCUT2D eigenvalue weighted by Crippen LogP contribution is 2.50. The molecule has 2 aromatic rings. The summed E-state index contributed by atoms with van der Waals surface area (Å²) < 4.78 is 5.58. The third-order valence-electron chi connectivity index (χ3n) is 7.96. The van der Waals surface area contributed by atoms with Crippen molar-refractivity contribution in [3.8, 4) is 0 Å². The summed E-state index contributed by atoms with van der Waals surface area (Å²) in [4.78, 5) is 28.7. The van der Waals surface area contributed by atoms with E-state index in [9.17, 15) is 9.59 Å². The Morgan fingerprint density at radius 3 is 2.51 bits per heavy atom. The fourth-order valence-corrected chi connectivity index (χ4v) is 6.44. The number of para-hydroxylation sites is 1. The Bertz CT molecular complexity index is 1100. The van der Waals surface area contributed by atoms with Crippen molar-refractivity contribution in [2.45, 2.75) is 69.9 Å². The zero-order valence-electron chi connectivity index (χ0n) is 21.1. The van der Waals surface area contributed by atoms with Crippen LogP contribution in [-0.2, 0) is 27.8 Å². The molecule has 2 amide bonds. The molecule has 1 aliphatic carbocycles. The van der Waals surface area contributed by atoms with Crippen LogP contribution in [0.5, 0.6) is 0 Å². The van der Waals surface area contributed by atoms with Gasteiger partial charge in [-0.2, -0.15) is 0 Å². The van der Waals surface area contributed by atoms with E-state index in [1.165, 1.54) is 16.7 Å². The monoisotopic (exact) mass is 475 g/mol. The quantitative estimate of drug-likeness (QED) is 0.690. The third kappa shape index (κ3) is 4.68. The molecule has 0 radical (unpaired) electrons. The molecule has 6 nitrogen and oxygen atoms in total. The van der Waals surface area contributed by atoms with Crippen LogP contribution in [0.4, 0.5) is 10.5 Å². The first-order valence-electron chi connectivity index (χ1n) is 12.9. The molecule has 2 aromatic carbocycles. The lowest BCUT2D eigenvalue weighted by Gasteiger charge is -2.41. The van der Waals surface area contributed by atoms with Crippen molar-refractivity contribution < 1.29 is 14.3 Å². The standard InChI is InChI=1S/C29H37N3O3/c1-28(2,3)35-27(34)31-24(26(33)32-17-12-20-8-5-7-11-25(20)32)19-22-18-21-9-4-6-10-23(21)29(22)13-15-30-16-14-29/h4-11,22,24,30H,12-19H2,1-3H3,(H,31,34). The number of nitrogens with zero attached hydrogens (tertiary/aromatic N) is 1. The average Bonchev–Trinajstić information content (AvgIpc) is 3.38. The normalized spacial score (nSPS) is 21.3. The maximum atomic E-state index is 14.0. The fraction of sp³-hybridized carbons (Fsp3) is 0.517. The molecular weight excluding hydrogens is 438 g/mol. The topological polar surface area (TPSA) is 70.7 Å². The van der Waals surface area contributed by atoms with E-state index < -0.39 is 17.7 Å².